The summed E-state index contributed by atoms with van der Waals surface area (Å²) in [5.74, 6) is 0. The van der Waals surface area contributed by atoms with Gasteiger partial charge in [-0.05, 0) is 73.9 Å². The zero-order valence-corrected chi connectivity index (χ0v) is 13.3. The minimum Gasteiger partial charge on any atom is -0.332 e. The average Bonchev–Trinajstić information content (AvgIpc) is 2.32. The molecule has 0 saturated heterocycles. The van der Waals surface area contributed by atoms with Gasteiger partial charge in [-0.15, -0.1) is 0 Å². The van der Waals surface area contributed by atoms with E-state index in [-0.39, 0.29) is 0 Å². The quantitative estimate of drug-likeness (QED) is 0.757. The van der Waals surface area contributed by atoms with E-state index in [0.717, 1.165) is 16.9 Å². The second kappa shape index (κ2) is 6.25. The summed E-state index contributed by atoms with van der Waals surface area (Å²) in [6, 6.07) is 11.9. The van der Waals surface area contributed by atoms with E-state index in [1.54, 1.807) is 0 Å². The van der Waals surface area contributed by atoms with Gasteiger partial charge in [0.15, 0.2) is 5.11 Å². The van der Waals surface area contributed by atoms with Gasteiger partial charge >= 0.3 is 0 Å². The Morgan fingerprint density at radius 2 is 1.60 bits per heavy atom. The minimum atomic E-state index is 0.556. The van der Waals surface area contributed by atoms with Crippen LogP contribution < -0.4 is 10.6 Å². The average molecular weight is 305 g/mol. The van der Waals surface area contributed by atoms with Crippen LogP contribution in [0.3, 0.4) is 0 Å². The van der Waals surface area contributed by atoms with Crippen molar-refractivity contribution in [1.82, 2.24) is 0 Å². The van der Waals surface area contributed by atoms with E-state index in [4.69, 9.17) is 23.8 Å². The second-order valence-corrected chi connectivity index (χ2v) is 5.76. The first kappa shape index (κ1) is 14.8. The van der Waals surface area contributed by atoms with Gasteiger partial charge in [0.05, 0.1) is 0 Å². The number of hydrogen-bond acceptors (Lipinski definition) is 1. The Morgan fingerprint density at radius 1 is 0.950 bits per heavy atom. The van der Waals surface area contributed by atoms with E-state index in [1.165, 1.54) is 11.1 Å². The molecule has 2 rings (SSSR count). The molecule has 0 heterocycles. The maximum Gasteiger partial charge on any atom is 0.175 e. The summed E-state index contributed by atoms with van der Waals surface area (Å²) >= 11 is 11.3. The summed E-state index contributed by atoms with van der Waals surface area (Å²) < 4.78 is 0. The van der Waals surface area contributed by atoms with Crippen molar-refractivity contribution in [3.63, 3.8) is 0 Å². The number of halogens is 1. The summed E-state index contributed by atoms with van der Waals surface area (Å²) in [4.78, 5) is 0. The monoisotopic (exact) mass is 304 g/mol. The SMILES string of the molecule is Cc1cc(C)cc(NC(=S)Nc2cc(Cl)ccc2C)c1. The number of aryl methyl sites for hydroxylation is 3. The highest BCUT2D eigenvalue weighted by Crippen LogP contribution is 2.21. The second-order valence-electron chi connectivity index (χ2n) is 4.91. The van der Waals surface area contributed by atoms with Crippen LogP contribution in [-0.2, 0) is 0 Å². The first-order valence-electron chi connectivity index (χ1n) is 6.36. The molecule has 2 aromatic carbocycles. The fourth-order valence-electron chi connectivity index (χ4n) is 2.06. The predicted octanol–water partition coefficient (Wildman–Crippen LogP) is 5.07. The van der Waals surface area contributed by atoms with Gasteiger partial charge in [-0.1, -0.05) is 23.7 Å². The Labute approximate surface area is 130 Å². The van der Waals surface area contributed by atoms with Crippen molar-refractivity contribution in [2.75, 3.05) is 10.6 Å². The van der Waals surface area contributed by atoms with Crippen LogP contribution in [-0.4, -0.2) is 5.11 Å². The molecule has 0 spiro atoms. The van der Waals surface area contributed by atoms with Crippen LogP contribution in [0, 0.1) is 20.8 Å². The van der Waals surface area contributed by atoms with Gasteiger partial charge in [0.1, 0.15) is 0 Å². The van der Waals surface area contributed by atoms with Crippen LogP contribution in [0.2, 0.25) is 5.02 Å². The molecular formula is C16H17ClN2S. The summed E-state index contributed by atoms with van der Waals surface area (Å²) in [5, 5.41) is 7.61. The molecular weight excluding hydrogens is 288 g/mol. The van der Waals surface area contributed by atoms with Crippen LogP contribution in [0.15, 0.2) is 36.4 Å². The van der Waals surface area contributed by atoms with Gasteiger partial charge in [-0.3, -0.25) is 0 Å². The lowest BCUT2D eigenvalue weighted by Crippen LogP contribution is -2.19. The molecule has 2 nitrogen and oxygen atoms in total. The van der Waals surface area contributed by atoms with Crippen LogP contribution in [0.4, 0.5) is 11.4 Å². The summed E-state index contributed by atoms with van der Waals surface area (Å²) in [7, 11) is 0. The third kappa shape index (κ3) is 3.95. The van der Waals surface area contributed by atoms with Gasteiger partial charge in [-0.2, -0.15) is 0 Å². The van der Waals surface area contributed by atoms with Crippen LogP contribution in [0.25, 0.3) is 0 Å². The van der Waals surface area contributed by atoms with E-state index < -0.39 is 0 Å². The van der Waals surface area contributed by atoms with Gasteiger partial charge in [-0.25, -0.2) is 0 Å². The van der Waals surface area contributed by atoms with Gasteiger partial charge in [0.25, 0.3) is 0 Å². The van der Waals surface area contributed by atoms with Crippen LogP contribution in [0.1, 0.15) is 16.7 Å². The lowest BCUT2D eigenvalue weighted by Gasteiger charge is -2.13. The molecule has 0 radical (unpaired) electrons. The summed E-state index contributed by atoms with van der Waals surface area (Å²) in [6.07, 6.45) is 0. The maximum absolute atomic E-state index is 6.00. The van der Waals surface area contributed by atoms with E-state index in [0.29, 0.717) is 10.1 Å². The molecule has 0 saturated carbocycles. The van der Waals surface area contributed by atoms with Crippen molar-refractivity contribution in [2.24, 2.45) is 0 Å². The normalized spacial score (nSPS) is 10.2. The number of thiocarbonyl (C=S) groups is 1. The number of rotatable bonds is 2. The Bertz CT molecular complexity index is 633. The highest BCUT2D eigenvalue weighted by Gasteiger charge is 2.03. The minimum absolute atomic E-state index is 0.556. The Hall–Kier alpha value is -1.58. The third-order valence-electron chi connectivity index (χ3n) is 2.93. The lowest BCUT2D eigenvalue weighted by atomic mass is 10.1. The van der Waals surface area contributed by atoms with E-state index in [1.807, 2.05) is 25.1 Å². The summed E-state index contributed by atoms with van der Waals surface area (Å²) in [5.41, 5.74) is 5.40. The van der Waals surface area contributed by atoms with Gasteiger partial charge in [0, 0.05) is 16.4 Å². The molecule has 0 atom stereocenters. The van der Waals surface area contributed by atoms with Crippen molar-refractivity contribution in [3.05, 3.63) is 58.1 Å². The van der Waals surface area contributed by atoms with Crippen molar-refractivity contribution >= 4 is 40.3 Å². The molecule has 0 aliphatic carbocycles. The van der Waals surface area contributed by atoms with Gasteiger partial charge < -0.3 is 10.6 Å². The highest BCUT2D eigenvalue weighted by atomic mass is 35.5. The molecule has 0 unspecified atom stereocenters. The maximum atomic E-state index is 6.00. The Balaban J connectivity index is 2.11. The molecule has 0 fully saturated rings. The van der Waals surface area contributed by atoms with Crippen LogP contribution >= 0.6 is 23.8 Å². The van der Waals surface area contributed by atoms with Crippen molar-refractivity contribution in [1.29, 1.82) is 0 Å². The molecule has 2 aromatic rings. The Morgan fingerprint density at radius 3 is 2.25 bits per heavy atom. The molecule has 20 heavy (non-hydrogen) atoms. The smallest absolute Gasteiger partial charge is 0.175 e. The molecule has 0 amide bonds. The molecule has 4 heteroatoms. The molecule has 0 aliphatic heterocycles. The first-order valence-corrected chi connectivity index (χ1v) is 7.15. The molecule has 0 bridgehead atoms. The number of nitrogens with one attached hydrogen (secondary N) is 2. The van der Waals surface area contributed by atoms with Crippen molar-refractivity contribution in [2.45, 2.75) is 20.8 Å². The number of anilines is 2. The third-order valence-corrected chi connectivity index (χ3v) is 3.37. The topological polar surface area (TPSA) is 24.1 Å². The summed E-state index contributed by atoms with van der Waals surface area (Å²) in [6.45, 7) is 6.14. The van der Waals surface area contributed by atoms with E-state index in [9.17, 15) is 0 Å². The standard InChI is InChI=1S/C16H17ClN2S/c1-10-6-11(2)8-14(7-10)18-16(20)19-15-9-13(17)5-4-12(15)3/h4-9H,1-3H3,(H2,18,19,20). The lowest BCUT2D eigenvalue weighted by molar-refractivity contribution is 1.38. The number of benzene rings is 2. The largest absolute Gasteiger partial charge is 0.332 e. The first-order chi connectivity index (χ1) is 9.44. The van der Waals surface area contributed by atoms with Gasteiger partial charge in [0.2, 0.25) is 0 Å². The molecule has 2 N–H and O–H groups in total. The molecule has 0 aromatic heterocycles. The zero-order chi connectivity index (χ0) is 14.7. The Kier molecular flexibility index (Phi) is 4.63. The fraction of sp³-hybridized carbons (Fsp3) is 0.188. The van der Waals surface area contributed by atoms with Crippen LogP contribution in [0.5, 0.6) is 0 Å². The van der Waals surface area contributed by atoms with Crippen molar-refractivity contribution in [3.8, 4) is 0 Å². The molecule has 0 aliphatic rings. The van der Waals surface area contributed by atoms with E-state index in [2.05, 4.69) is 42.7 Å². The predicted molar refractivity (Wildman–Crippen MR) is 91.9 cm³/mol. The zero-order valence-electron chi connectivity index (χ0n) is 11.8. The highest BCUT2D eigenvalue weighted by molar-refractivity contribution is 7.80. The molecule has 104 valence electrons. The fourth-order valence-corrected chi connectivity index (χ4v) is 2.46. The number of hydrogen-bond donors (Lipinski definition) is 2. The van der Waals surface area contributed by atoms with E-state index >= 15 is 0 Å². The van der Waals surface area contributed by atoms with Crippen molar-refractivity contribution < 1.29 is 0 Å².